The topological polar surface area (TPSA) is 27.8 Å². The average Bonchev–Trinajstić information content (AvgIpc) is 2.74. The molecule has 0 saturated carbocycles. The van der Waals surface area contributed by atoms with E-state index in [9.17, 15) is 0 Å². The van der Waals surface area contributed by atoms with Gasteiger partial charge in [-0.25, -0.2) is 0 Å². The molecule has 2 heterocycles. The molecule has 1 aliphatic rings. The first-order valence-corrected chi connectivity index (χ1v) is 6.13. The Morgan fingerprint density at radius 3 is 3.00 bits per heavy atom. The van der Waals surface area contributed by atoms with Crippen LogP contribution in [0.15, 0.2) is 30.5 Å². The van der Waals surface area contributed by atoms with Crippen molar-refractivity contribution in [2.45, 2.75) is 19.3 Å². The van der Waals surface area contributed by atoms with E-state index >= 15 is 0 Å². The van der Waals surface area contributed by atoms with Crippen molar-refractivity contribution >= 4 is 10.9 Å². The Balaban J connectivity index is 2.04. The molecular formula is C14H18N2. The van der Waals surface area contributed by atoms with Crippen molar-refractivity contribution in [3.8, 4) is 0 Å². The van der Waals surface area contributed by atoms with Gasteiger partial charge in [-0.1, -0.05) is 25.1 Å². The number of fused-ring (bicyclic) bond motifs is 1. The van der Waals surface area contributed by atoms with Crippen LogP contribution < -0.4 is 5.32 Å². The summed E-state index contributed by atoms with van der Waals surface area (Å²) >= 11 is 0. The SMILES string of the molecule is CC1CNCCC1c1c[nH]c2ccccc12. The van der Waals surface area contributed by atoms with Crippen molar-refractivity contribution in [1.82, 2.24) is 10.3 Å². The molecule has 0 bridgehead atoms. The van der Waals surface area contributed by atoms with Crippen LogP contribution in [0, 0.1) is 5.92 Å². The zero-order valence-electron chi connectivity index (χ0n) is 9.66. The number of rotatable bonds is 1. The van der Waals surface area contributed by atoms with Gasteiger partial charge < -0.3 is 10.3 Å². The summed E-state index contributed by atoms with van der Waals surface area (Å²) in [6, 6.07) is 8.61. The van der Waals surface area contributed by atoms with E-state index < -0.39 is 0 Å². The molecule has 1 aliphatic heterocycles. The summed E-state index contributed by atoms with van der Waals surface area (Å²) in [7, 11) is 0. The summed E-state index contributed by atoms with van der Waals surface area (Å²) in [5, 5.41) is 4.87. The predicted molar refractivity (Wildman–Crippen MR) is 67.7 cm³/mol. The van der Waals surface area contributed by atoms with E-state index in [0.29, 0.717) is 5.92 Å². The number of benzene rings is 1. The van der Waals surface area contributed by atoms with Gasteiger partial charge >= 0.3 is 0 Å². The van der Waals surface area contributed by atoms with Gasteiger partial charge in [-0.2, -0.15) is 0 Å². The highest BCUT2D eigenvalue weighted by Gasteiger charge is 2.24. The minimum absolute atomic E-state index is 0.706. The lowest BCUT2D eigenvalue weighted by Gasteiger charge is -2.29. The fraction of sp³-hybridized carbons (Fsp3) is 0.429. The van der Waals surface area contributed by atoms with Gasteiger partial charge in [0.05, 0.1) is 0 Å². The second kappa shape index (κ2) is 3.95. The molecule has 2 heteroatoms. The van der Waals surface area contributed by atoms with E-state index in [-0.39, 0.29) is 0 Å². The third-order valence-corrected chi connectivity index (χ3v) is 3.81. The lowest BCUT2D eigenvalue weighted by atomic mass is 9.82. The maximum atomic E-state index is 3.46. The maximum absolute atomic E-state index is 3.46. The van der Waals surface area contributed by atoms with Gasteiger partial charge in [0.15, 0.2) is 0 Å². The number of aromatic amines is 1. The second-order valence-corrected chi connectivity index (χ2v) is 4.87. The van der Waals surface area contributed by atoms with E-state index in [2.05, 4.69) is 47.7 Å². The minimum Gasteiger partial charge on any atom is -0.361 e. The second-order valence-electron chi connectivity index (χ2n) is 4.87. The van der Waals surface area contributed by atoms with E-state index in [0.717, 1.165) is 19.0 Å². The van der Waals surface area contributed by atoms with Gasteiger partial charge in [-0.15, -0.1) is 0 Å². The standard InChI is InChI=1S/C14H18N2/c1-10-8-15-7-6-11(10)13-9-16-14-5-3-2-4-12(13)14/h2-5,9-11,15-16H,6-8H2,1H3. The molecule has 16 heavy (non-hydrogen) atoms. The van der Waals surface area contributed by atoms with Crippen LogP contribution in [-0.2, 0) is 0 Å². The Hall–Kier alpha value is -1.28. The predicted octanol–water partition coefficient (Wildman–Crippen LogP) is 2.88. The first-order valence-electron chi connectivity index (χ1n) is 6.13. The number of piperidine rings is 1. The quantitative estimate of drug-likeness (QED) is 0.750. The Morgan fingerprint density at radius 1 is 1.25 bits per heavy atom. The number of para-hydroxylation sites is 1. The fourth-order valence-corrected chi connectivity index (χ4v) is 2.88. The summed E-state index contributed by atoms with van der Waals surface area (Å²) in [5.74, 6) is 1.44. The lowest BCUT2D eigenvalue weighted by molar-refractivity contribution is 0.351. The van der Waals surface area contributed by atoms with E-state index in [1.54, 1.807) is 0 Å². The zero-order valence-corrected chi connectivity index (χ0v) is 9.66. The maximum Gasteiger partial charge on any atom is 0.0456 e. The highest BCUT2D eigenvalue weighted by molar-refractivity contribution is 5.83. The normalized spacial score (nSPS) is 26.1. The molecule has 2 nitrogen and oxygen atoms in total. The van der Waals surface area contributed by atoms with Crippen molar-refractivity contribution in [3.63, 3.8) is 0 Å². The van der Waals surface area contributed by atoms with Gasteiger partial charge in [0.1, 0.15) is 0 Å². The van der Waals surface area contributed by atoms with Gasteiger partial charge in [0.25, 0.3) is 0 Å². The molecule has 2 atom stereocenters. The monoisotopic (exact) mass is 214 g/mol. The minimum atomic E-state index is 0.706. The number of nitrogens with one attached hydrogen (secondary N) is 2. The van der Waals surface area contributed by atoms with Crippen molar-refractivity contribution in [2.24, 2.45) is 5.92 Å². The Morgan fingerprint density at radius 2 is 2.12 bits per heavy atom. The smallest absolute Gasteiger partial charge is 0.0456 e. The highest BCUT2D eigenvalue weighted by Crippen LogP contribution is 2.34. The molecule has 0 radical (unpaired) electrons. The fourth-order valence-electron chi connectivity index (χ4n) is 2.88. The van der Waals surface area contributed by atoms with Crippen molar-refractivity contribution in [1.29, 1.82) is 0 Å². The third-order valence-electron chi connectivity index (χ3n) is 3.81. The first kappa shape index (κ1) is 9.91. The third kappa shape index (κ3) is 1.54. The number of hydrogen-bond donors (Lipinski definition) is 2. The Bertz CT molecular complexity index is 486. The largest absolute Gasteiger partial charge is 0.361 e. The molecule has 3 rings (SSSR count). The number of H-pyrrole nitrogens is 1. The van der Waals surface area contributed by atoms with Gasteiger partial charge in [-0.3, -0.25) is 0 Å². The molecule has 0 aliphatic carbocycles. The van der Waals surface area contributed by atoms with Gasteiger partial charge in [-0.05, 0) is 43.0 Å². The van der Waals surface area contributed by atoms with E-state index in [4.69, 9.17) is 0 Å². The highest BCUT2D eigenvalue weighted by atomic mass is 14.9. The van der Waals surface area contributed by atoms with Gasteiger partial charge in [0, 0.05) is 17.1 Å². The van der Waals surface area contributed by atoms with Crippen LogP contribution in [0.4, 0.5) is 0 Å². The molecular weight excluding hydrogens is 196 g/mol. The van der Waals surface area contributed by atoms with Crippen LogP contribution in [0.3, 0.4) is 0 Å². The summed E-state index contributed by atoms with van der Waals surface area (Å²) in [5.41, 5.74) is 2.77. The lowest BCUT2D eigenvalue weighted by Crippen LogP contribution is -2.33. The van der Waals surface area contributed by atoms with Crippen LogP contribution in [0.25, 0.3) is 10.9 Å². The van der Waals surface area contributed by atoms with Gasteiger partial charge in [0.2, 0.25) is 0 Å². The summed E-state index contributed by atoms with van der Waals surface area (Å²) in [6.45, 7) is 4.64. The van der Waals surface area contributed by atoms with E-state index in [1.807, 2.05) is 0 Å². The molecule has 2 N–H and O–H groups in total. The zero-order chi connectivity index (χ0) is 11.0. The molecule has 1 saturated heterocycles. The molecule has 1 fully saturated rings. The molecule has 0 amide bonds. The molecule has 1 aromatic heterocycles. The Kier molecular flexibility index (Phi) is 2.44. The van der Waals surface area contributed by atoms with Crippen LogP contribution >= 0.6 is 0 Å². The summed E-state index contributed by atoms with van der Waals surface area (Å²) < 4.78 is 0. The Labute approximate surface area is 96.1 Å². The number of aromatic nitrogens is 1. The molecule has 0 spiro atoms. The van der Waals surface area contributed by atoms with Crippen molar-refractivity contribution in [3.05, 3.63) is 36.0 Å². The molecule has 84 valence electrons. The first-order chi connectivity index (χ1) is 7.86. The molecule has 2 unspecified atom stereocenters. The van der Waals surface area contributed by atoms with Crippen LogP contribution in [0.2, 0.25) is 0 Å². The molecule has 1 aromatic carbocycles. The van der Waals surface area contributed by atoms with Crippen molar-refractivity contribution in [2.75, 3.05) is 13.1 Å². The van der Waals surface area contributed by atoms with Crippen LogP contribution in [0.1, 0.15) is 24.8 Å². The summed E-state index contributed by atoms with van der Waals surface area (Å²) in [6.07, 6.45) is 3.46. The van der Waals surface area contributed by atoms with Crippen LogP contribution in [-0.4, -0.2) is 18.1 Å². The number of hydrogen-bond acceptors (Lipinski definition) is 1. The average molecular weight is 214 g/mol. The van der Waals surface area contributed by atoms with E-state index in [1.165, 1.54) is 22.9 Å². The van der Waals surface area contributed by atoms with Crippen LogP contribution in [0.5, 0.6) is 0 Å². The summed E-state index contributed by atoms with van der Waals surface area (Å²) in [4.78, 5) is 3.39. The van der Waals surface area contributed by atoms with Crippen molar-refractivity contribution < 1.29 is 0 Å². The molecule has 2 aromatic rings.